The molecule has 6 heteroatoms. The molecule has 130 valence electrons. The maximum Gasteiger partial charge on any atom is 0.274 e. The lowest BCUT2D eigenvalue weighted by molar-refractivity contribution is 0.315. The molecule has 0 aliphatic heterocycles. The van der Waals surface area contributed by atoms with Crippen LogP contribution in [0.4, 0.5) is 0 Å². The monoisotopic (exact) mass is 345 g/mol. The van der Waals surface area contributed by atoms with Crippen LogP contribution < -0.4 is 5.56 Å². The average Bonchev–Trinajstić information content (AvgIpc) is 3.08. The number of H-pyrrole nitrogens is 1. The Balaban J connectivity index is 1.59. The molecule has 0 bridgehead atoms. The number of nitrogens with zero attached hydrogens (tertiary/aromatic N) is 4. The van der Waals surface area contributed by atoms with Gasteiger partial charge in [0.05, 0.1) is 5.69 Å². The van der Waals surface area contributed by atoms with Crippen molar-refractivity contribution in [1.29, 1.82) is 0 Å². The molecule has 4 rings (SSSR count). The Bertz CT molecular complexity index is 1070. The van der Waals surface area contributed by atoms with E-state index in [1.807, 2.05) is 55.6 Å². The highest BCUT2D eigenvalue weighted by molar-refractivity contribution is 5.56. The summed E-state index contributed by atoms with van der Waals surface area (Å²) in [4.78, 5) is 23.6. The smallest absolute Gasteiger partial charge is 0.274 e. The quantitative estimate of drug-likeness (QED) is 0.604. The SMILES string of the molecule is CN(Cc1ccccc1)Cc1cc(=O)n2[nH]c(-c3ccccc3)nc2n1. The van der Waals surface area contributed by atoms with E-state index in [9.17, 15) is 4.79 Å². The van der Waals surface area contributed by atoms with E-state index < -0.39 is 0 Å². The van der Waals surface area contributed by atoms with Crippen LogP contribution in [0.5, 0.6) is 0 Å². The first-order valence-electron chi connectivity index (χ1n) is 8.45. The topological polar surface area (TPSA) is 66.3 Å². The minimum Gasteiger partial charge on any atom is -0.296 e. The van der Waals surface area contributed by atoms with Gasteiger partial charge in [-0.2, -0.15) is 9.50 Å². The number of hydrogen-bond acceptors (Lipinski definition) is 4. The molecule has 26 heavy (non-hydrogen) atoms. The summed E-state index contributed by atoms with van der Waals surface area (Å²) in [5, 5.41) is 3.02. The number of aromatic amines is 1. The summed E-state index contributed by atoms with van der Waals surface area (Å²) in [5.74, 6) is 1.02. The fourth-order valence-electron chi connectivity index (χ4n) is 2.96. The Morgan fingerprint density at radius 2 is 1.65 bits per heavy atom. The van der Waals surface area contributed by atoms with E-state index >= 15 is 0 Å². The van der Waals surface area contributed by atoms with Crippen LogP contribution in [-0.2, 0) is 13.1 Å². The summed E-state index contributed by atoms with van der Waals surface area (Å²) in [7, 11) is 2.01. The van der Waals surface area contributed by atoms with Gasteiger partial charge in [0.25, 0.3) is 11.3 Å². The molecular formula is C20H19N5O. The molecule has 2 aromatic heterocycles. The van der Waals surface area contributed by atoms with Gasteiger partial charge in [0.15, 0.2) is 5.82 Å². The largest absolute Gasteiger partial charge is 0.296 e. The van der Waals surface area contributed by atoms with Crippen molar-refractivity contribution in [3.05, 3.63) is 88.3 Å². The van der Waals surface area contributed by atoms with Crippen LogP contribution >= 0.6 is 0 Å². The molecule has 0 unspecified atom stereocenters. The van der Waals surface area contributed by atoms with Gasteiger partial charge in [-0.15, -0.1) is 0 Å². The van der Waals surface area contributed by atoms with E-state index in [1.165, 1.54) is 10.1 Å². The van der Waals surface area contributed by atoms with Crippen LogP contribution in [0, 0.1) is 0 Å². The maximum atomic E-state index is 12.4. The van der Waals surface area contributed by atoms with Crippen molar-refractivity contribution >= 4 is 5.78 Å². The second-order valence-electron chi connectivity index (χ2n) is 6.32. The van der Waals surface area contributed by atoms with Crippen molar-refractivity contribution in [3.63, 3.8) is 0 Å². The van der Waals surface area contributed by atoms with Gasteiger partial charge in [-0.05, 0) is 12.6 Å². The van der Waals surface area contributed by atoms with Crippen molar-refractivity contribution in [2.75, 3.05) is 7.05 Å². The summed E-state index contributed by atoms with van der Waals surface area (Å²) in [6.45, 7) is 1.37. The van der Waals surface area contributed by atoms with Gasteiger partial charge in [-0.1, -0.05) is 60.7 Å². The summed E-state index contributed by atoms with van der Waals surface area (Å²) >= 11 is 0. The van der Waals surface area contributed by atoms with Crippen molar-refractivity contribution in [2.45, 2.75) is 13.1 Å². The van der Waals surface area contributed by atoms with E-state index in [2.05, 4.69) is 32.1 Å². The van der Waals surface area contributed by atoms with Crippen LogP contribution in [0.3, 0.4) is 0 Å². The van der Waals surface area contributed by atoms with Gasteiger partial charge in [0.2, 0.25) is 0 Å². The molecule has 0 spiro atoms. The van der Waals surface area contributed by atoms with Crippen molar-refractivity contribution in [1.82, 2.24) is 24.5 Å². The summed E-state index contributed by atoms with van der Waals surface area (Å²) < 4.78 is 1.38. The third-order valence-electron chi connectivity index (χ3n) is 4.16. The normalized spacial score (nSPS) is 11.3. The van der Waals surface area contributed by atoms with Gasteiger partial charge in [-0.3, -0.25) is 14.8 Å². The fraction of sp³-hybridized carbons (Fsp3) is 0.150. The number of rotatable bonds is 5. The maximum absolute atomic E-state index is 12.4. The molecule has 0 aliphatic carbocycles. The lowest BCUT2D eigenvalue weighted by Crippen LogP contribution is -2.22. The van der Waals surface area contributed by atoms with E-state index in [-0.39, 0.29) is 5.56 Å². The standard InChI is InChI=1S/C20H19N5O/c1-24(13-15-8-4-2-5-9-15)14-17-12-18(26)25-20(21-17)22-19(23-25)16-10-6-3-7-11-16/h2-12H,13-14H2,1H3,(H,21,22,23). The third kappa shape index (κ3) is 3.41. The molecule has 0 saturated heterocycles. The first kappa shape index (κ1) is 16.2. The van der Waals surface area contributed by atoms with Gasteiger partial charge in [-0.25, -0.2) is 4.98 Å². The molecule has 0 aliphatic rings. The van der Waals surface area contributed by atoms with E-state index in [4.69, 9.17) is 0 Å². The second-order valence-corrected chi connectivity index (χ2v) is 6.32. The number of aromatic nitrogens is 4. The van der Waals surface area contributed by atoms with Crippen LogP contribution in [-0.4, -0.2) is 31.5 Å². The second kappa shape index (κ2) is 6.93. The molecular weight excluding hydrogens is 326 g/mol. The van der Waals surface area contributed by atoms with Crippen LogP contribution in [0.1, 0.15) is 11.3 Å². The predicted octanol–water partition coefficient (Wildman–Crippen LogP) is 2.72. The molecule has 0 atom stereocenters. The fourth-order valence-corrected chi connectivity index (χ4v) is 2.96. The van der Waals surface area contributed by atoms with Crippen molar-refractivity contribution in [2.24, 2.45) is 0 Å². The van der Waals surface area contributed by atoms with E-state index in [0.717, 1.165) is 12.1 Å². The minimum atomic E-state index is -0.159. The van der Waals surface area contributed by atoms with Crippen molar-refractivity contribution < 1.29 is 0 Å². The predicted molar refractivity (Wildman–Crippen MR) is 101 cm³/mol. The molecule has 6 nitrogen and oxygen atoms in total. The van der Waals surface area contributed by atoms with Crippen LogP contribution in [0.15, 0.2) is 71.5 Å². The van der Waals surface area contributed by atoms with Gasteiger partial charge < -0.3 is 0 Å². The summed E-state index contributed by atoms with van der Waals surface area (Å²) in [5.41, 5.74) is 2.69. The summed E-state index contributed by atoms with van der Waals surface area (Å²) in [6.07, 6.45) is 0. The van der Waals surface area contributed by atoms with Gasteiger partial charge in [0, 0.05) is 24.7 Å². The van der Waals surface area contributed by atoms with E-state index in [1.54, 1.807) is 6.07 Å². The van der Waals surface area contributed by atoms with Crippen molar-refractivity contribution in [3.8, 4) is 11.4 Å². The minimum absolute atomic E-state index is 0.159. The lowest BCUT2D eigenvalue weighted by atomic mass is 10.2. The Morgan fingerprint density at radius 1 is 0.962 bits per heavy atom. The highest BCUT2D eigenvalue weighted by Gasteiger charge is 2.11. The van der Waals surface area contributed by atoms with Crippen LogP contribution in [0.25, 0.3) is 17.2 Å². The van der Waals surface area contributed by atoms with Gasteiger partial charge in [0.1, 0.15) is 0 Å². The molecule has 0 amide bonds. The van der Waals surface area contributed by atoms with Gasteiger partial charge >= 0.3 is 0 Å². The average molecular weight is 345 g/mol. The third-order valence-corrected chi connectivity index (χ3v) is 4.16. The Kier molecular flexibility index (Phi) is 4.33. The summed E-state index contributed by atoms with van der Waals surface area (Å²) in [6, 6.07) is 21.5. The Labute approximate surface area is 150 Å². The molecule has 4 aromatic rings. The molecule has 0 saturated carbocycles. The zero-order valence-electron chi connectivity index (χ0n) is 14.5. The zero-order valence-corrected chi connectivity index (χ0v) is 14.5. The number of hydrogen-bond donors (Lipinski definition) is 1. The van der Waals surface area contributed by atoms with Crippen LogP contribution in [0.2, 0.25) is 0 Å². The highest BCUT2D eigenvalue weighted by atomic mass is 16.1. The Morgan fingerprint density at radius 3 is 2.38 bits per heavy atom. The number of benzene rings is 2. The van der Waals surface area contributed by atoms with E-state index in [0.29, 0.717) is 23.8 Å². The number of nitrogens with one attached hydrogen (secondary N) is 1. The molecule has 0 radical (unpaired) electrons. The number of fused-ring (bicyclic) bond motifs is 1. The Hall–Kier alpha value is -3.25. The molecule has 0 fully saturated rings. The zero-order chi connectivity index (χ0) is 17.9. The molecule has 1 N–H and O–H groups in total. The first-order chi connectivity index (χ1) is 12.7. The highest BCUT2D eigenvalue weighted by Crippen LogP contribution is 2.14. The lowest BCUT2D eigenvalue weighted by Gasteiger charge is -2.15. The first-order valence-corrected chi connectivity index (χ1v) is 8.45. The molecule has 2 aromatic carbocycles. The molecule has 2 heterocycles.